The Kier molecular flexibility index (Phi) is 5.84. The summed E-state index contributed by atoms with van der Waals surface area (Å²) in [5.41, 5.74) is 9.21. The molecule has 0 spiro atoms. The number of methoxy groups -OCH3 is 1. The van der Waals surface area contributed by atoms with Gasteiger partial charge in [0.15, 0.2) is 5.65 Å². The number of amides is 1. The van der Waals surface area contributed by atoms with Crippen molar-refractivity contribution in [1.29, 1.82) is 0 Å². The summed E-state index contributed by atoms with van der Waals surface area (Å²) in [7, 11) is 1.63. The second kappa shape index (κ2) is 8.70. The fraction of sp³-hybridized carbons (Fsp3) is 0.300. The Morgan fingerprint density at radius 2 is 2.13 bits per heavy atom. The molecule has 0 bridgehead atoms. The van der Waals surface area contributed by atoms with Crippen molar-refractivity contribution in [3.8, 4) is 5.75 Å². The molecule has 30 heavy (non-hydrogen) atoms. The van der Waals surface area contributed by atoms with Gasteiger partial charge in [-0.05, 0) is 29.3 Å². The van der Waals surface area contributed by atoms with Gasteiger partial charge in [-0.3, -0.25) is 4.79 Å². The summed E-state index contributed by atoms with van der Waals surface area (Å²) in [4.78, 5) is 20.8. The highest BCUT2D eigenvalue weighted by Crippen LogP contribution is 2.35. The van der Waals surface area contributed by atoms with Gasteiger partial charge in [-0.25, -0.2) is 14.1 Å². The van der Waals surface area contributed by atoms with Crippen LogP contribution < -0.4 is 15.8 Å². The van der Waals surface area contributed by atoms with Crippen molar-refractivity contribution < 1.29 is 13.9 Å². The number of hydrogen-bond donors (Lipinski definition) is 2. The number of rotatable bonds is 7. The lowest BCUT2D eigenvalue weighted by molar-refractivity contribution is -0.120. The van der Waals surface area contributed by atoms with E-state index in [1.165, 1.54) is 11.8 Å². The zero-order valence-corrected chi connectivity index (χ0v) is 17.2. The number of alkyl halides is 1. The number of nitrogens with one attached hydrogen (secondary N) is 1. The van der Waals surface area contributed by atoms with Crippen molar-refractivity contribution in [2.24, 2.45) is 0 Å². The number of hydrogen-bond acceptors (Lipinski definition) is 7. The number of ether oxygens (including phenoxy) is 1. The summed E-state index contributed by atoms with van der Waals surface area (Å²) < 4.78 is 19.3. The van der Waals surface area contributed by atoms with E-state index in [1.807, 2.05) is 30.3 Å². The van der Waals surface area contributed by atoms with Gasteiger partial charge in [0.1, 0.15) is 17.5 Å². The van der Waals surface area contributed by atoms with E-state index in [2.05, 4.69) is 15.3 Å². The molecule has 3 N–H and O–H groups in total. The van der Waals surface area contributed by atoms with Gasteiger partial charge in [0.25, 0.3) is 0 Å². The lowest BCUT2D eigenvalue weighted by atomic mass is 10.1. The zero-order valence-electron chi connectivity index (χ0n) is 16.4. The molecule has 1 aliphatic heterocycles. The van der Waals surface area contributed by atoms with Crippen LogP contribution in [0.2, 0.25) is 0 Å². The number of aromatic nitrogens is 4. The lowest BCUT2D eigenvalue weighted by Crippen LogP contribution is -2.25. The molecule has 8 nitrogen and oxygen atoms in total. The summed E-state index contributed by atoms with van der Waals surface area (Å²) in [5, 5.41) is 8.84. The Morgan fingerprint density at radius 1 is 1.33 bits per heavy atom. The van der Waals surface area contributed by atoms with Gasteiger partial charge in [0, 0.05) is 18.7 Å². The predicted octanol–water partition coefficient (Wildman–Crippen LogP) is 2.43. The number of nitrogen functional groups attached to an aromatic ring is 1. The third kappa shape index (κ3) is 4.23. The van der Waals surface area contributed by atoms with Gasteiger partial charge < -0.3 is 15.8 Å². The van der Waals surface area contributed by atoms with Gasteiger partial charge in [0.2, 0.25) is 11.9 Å². The molecule has 0 atom stereocenters. The molecule has 2 aromatic heterocycles. The predicted molar refractivity (Wildman–Crippen MR) is 114 cm³/mol. The Labute approximate surface area is 176 Å². The molecule has 3 aromatic rings. The first-order chi connectivity index (χ1) is 14.6. The topological polar surface area (TPSA) is 108 Å². The van der Waals surface area contributed by atoms with E-state index in [9.17, 15) is 9.18 Å². The van der Waals surface area contributed by atoms with Crippen molar-refractivity contribution in [3.05, 3.63) is 41.1 Å². The normalized spacial score (nSPS) is 13.1. The number of carbonyl (C=O) groups excluding carboxylic acids is 1. The molecule has 0 aliphatic carbocycles. The zero-order chi connectivity index (χ0) is 21.1. The maximum absolute atomic E-state index is 12.3. The molecule has 4 rings (SSSR count). The van der Waals surface area contributed by atoms with E-state index in [0.29, 0.717) is 23.6 Å². The van der Waals surface area contributed by atoms with Crippen LogP contribution in [0.1, 0.15) is 17.7 Å². The first-order valence-electron chi connectivity index (χ1n) is 9.39. The second-order valence-electron chi connectivity index (χ2n) is 6.78. The van der Waals surface area contributed by atoms with Gasteiger partial charge in [-0.1, -0.05) is 12.1 Å². The maximum atomic E-state index is 12.3. The second-order valence-corrected chi connectivity index (χ2v) is 7.75. The van der Waals surface area contributed by atoms with E-state index < -0.39 is 6.67 Å². The van der Waals surface area contributed by atoms with Crippen LogP contribution in [0, 0.1) is 0 Å². The molecule has 1 aliphatic rings. The number of benzene rings is 1. The first-order valence-corrected chi connectivity index (χ1v) is 10.4. The maximum Gasteiger partial charge on any atom is 0.224 e. The Bertz CT molecular complexity index is 1110. The molecule has 0 saturated heterocycles. The van der Waals surface area contributed by atoms with Gasteiger partial charge in [-0.2, -0.15) is 10.1 Å². The first kappa shape index (κ1) is 20.1. The van der Waals surface area contributed by atoms with Gasteiger partial charge in [-0.15, -0.1) is 11.8 Å². The summed E-state index contributed by atoms with van der Waals surface area (Å²) >= 11 is 1.49. The van der Waals surface area contributed by atoms with Gasteiger partial charge >= 0.3 is 0 Å². The van der Waals surface area contributed by atoms with Crippen molar-refractivity contribution in [1.82, 2.24) is 25.1 Å². The Balaban J connectivity index is 1.69. The third-order valence-electron chi connectivity index (χ3n) is 4.63. The smallest absolute Gasteiger partial charge is 0.224 e. The fourth-order valence-corrected chi connectivity index (χ4v) is 4.26. The highest BCUT2D eigenvalue weighted by Gasteiger charge is 2.22. The third-order valence-corrected chi connectivity index (χ3v) is 5.72. The molecule has 0 fully saturated rings. The molecule has 1 amide bonds. The highest BCUT2D eigenvalue weighted by atomic mass is 32.2. The van der Waals surface area contributed by atoms with E-state index >= 15 is 0 Å². The lowest BCUT2D eigenvalue weighted by Gasteiger charge is -2.08. The highest BCUT2D eigenvalue weighted by molar-refractivity contribution is 7.99. The van der Waals surface area contributed by atoms with Crippen LogP contribution in [0.15, 0.2) is 34.9 Å². The van der Waals surface area contributed by atoms with E-state index in [-0.39, 0.29) is 24.8 Å². The minimum Gasteiger partial charge on any atom is -0.497 e. The fourth-order valence-electron chi connectivity index (χ4n) is 3.26. The standard InChI is InChI=1S/C20H21FN6O2S/c1-29-14-4-2-12(3-5-14)10-27-18-17-15(26-27)8-13(9-16(28)23-7-6-21)11-30-19(17)25-20(22)24-18/h2-5,8H,6-7,9-11H2,1H3,(H,23,28)(H2,22,24,25). The number of halogens is 1. The van der Waals surface area contributed by atoms with E-state index in [0.717, 1.165) is 27.3 Å². The number of carbonyl (C=O) groups is 1. The minimum absolute atomic E-state index is 0.0161. The molecule has 0 unspecified atom stereocenters. The minimum atomic E-state index is -0.587. The molecular weight excluding hydrogens is 407 g/mol. The van der Waals surface area contributed by atoms with Crippen molar-refractivity contribution in [2.45, 2.75) is 18.0 Å². The van der Waals surface area contributed by atoms with Crippen LogP contribution in [0.5, 0.6) is 5.75 Å². The summed E-state index contributed by atoms with van der Waals surface area (Å²) in [5.74, 6) is 1.31. The van der Waals surface area contributed by atoms with Crippen LogP contribution >= 0.6 is 11.8 Å². The van der Waals surface area contributed by atoms with Crippen molar-refractivity contribution in [3.63, 3.8) is 0 Å². The molecule has 0 radical (unpaired) electrons. The van der Waals surface area contributed by atoms with Crippen LogP contribution in [0.4, 0.5) is 10.3 Å². The van der Waals surface area contributed by atoms with Crippen molar-refractivity contribution >= 4 is 40.7 Å². The molecule has 10 heteroatoms. The van der Waals surface area contributed by atoms with Crippen LogP contribution in [0.25, 0.3) is 17.1 Å². The molecule has 0 saturated carbocycles. The van der Waals surface area contributed by atoms with Crippen LogP contribution in [-0.4, -0.2) is 51.7 Å². The quantitative estimate of drug-likeness (QED) is 0.557. The average Bonchev–Trinajstić information content (AvgIpc) is 2.97. The molecule has 1 aromatic carbocycles. The molecule has 156 valence electrons. The SMILES string of the molecule is COc1ccc(Cn2nc3c4c(nc(N)nc42)SCC(CC(=O)NCCF)=C3)cc1. The Hall–Kier alpha value is -3.14. The summed E-state index contributed by atoms with van der Waals surface area (Å²) in [6.07, 6.45) is 2.07. The molecule has 3 heterocycles. The Morgan fingerprint density at radius 3 is 2.87 bits per heavy atom. The molecular formula is C20H21FN6O2S. The van der Waals surface area contributed by atoms with Crippen LogP contribution in [0.3, 0.4) is 0 Å². The number of nitrogens with zero attached hydrogens (tertiary/aromatic N) is 4. The van der Waals surface area contributed by atoms with E-state index in [4.69, 9.17) is 15.6 Å². The average molecular weight is 428 g/mol. The number of anilines is 1. The van der Waals surface area contributed by atoms with Gasteiger partial charge in [0.05, 0.1) is 24.7 Å². The largest absolute Gasteiger partial charge is 0.497 e. The van der Waals surface area contributed by atoms with E-state index in [1.54, 1.807) is 11.8 Å². The number of nitrogens with two attached hydrogens (primary N) is 1. The van der Waals surface area contributed by atoms with Crippen LogP contribution in [-0.2, 0) is 11.3 Å². The van der Waals surface area contributed by atoms with Crippen molar-refractivity contribution in [2.75, 3.05) is 31.8 Å². The number of thioether (sulfide) groups is 1. The summed E-state index contributed by atoms with van der Waals surface area (Å²) in [6.45, 7) is -0.0698. The monoisotopic (exact) mass is 428 g/mol. The summed E-state index contributed by atoms with van der Waals surface area (Å²) in [6, 6.07) is 7.72.